The van der Waals surface area contributed by atoms with Gasteiger partial charge in [-0.3, -0.25) is 9.59 Å². The molecule has 0 fully saturated rings. The third-order valence-corrected chi connectivity index (χ3v) is 1.96. The second kappa shape index (κ2) is 7.12. The number of hydrogen-bond donors (Lipinski definition) is 1. The van der Waals surface area contributed by atoms with Crippen LogP contribution in [-0.2, 0) is 14.3 Å². The number of amides is 1. The van der Waals surface area contributed by atoms with Crippen molar-refractivity contribution in [2.75, 3.05) is 7.11 Å². The molecule has 1 unspecified atom stereocenters. The number of rotatable bonds is 7. The molecular formula is C10H17NO3. The Labute approximate surface area is 84.1 Å². The summed E-state index contributed by atoms with van der Waals surface area (Å²) in [4.78, 5) is 21.7. The fourth-order valence-corrected chi connectivity index (χ4v) is 1.22. The Balaban J connectivity index is 3.90. The van der Waals surface area contributed by atoms with Gasteiger partial charge in [-0.2, -0.15) is 0 Å². The average molecular weight is 199 g/mol. The van der Waals surface area contributed by atoms with Crippen LogP contribution in [0, 0.1) is 5.92 Å². The average Bonchev–Trinajstić information content (AvgIpc) is 2.15. The fraction of sp³-hybridized carbons (Fsp3) is 0.600. The number of carbonyl (C=O) groups is 2. The highest BCUT2D eigenvalue weighted by Gasteiger charge is 2.17. The molecule has 0 aromatic carbocycles. The van der Waals surface area contributed by atoms with Gasteiger partial charge < -0.3 is 10.5 Å². The monoisotopic (exact) mass is 199 g/mol. The molecule has 0 radical (unpaired) electrons. The molecule has 1 atom stereocenters. The van der Waals surface area contributed by atoms with Gasteiger partial charge in [0, 0.05) is 6.42 Å². The molecule has 1 amide bonds. The second-order valence-corrected chi connectivity index (χ2v) is 3.10. The molecule has 0 aromatic rings. The van der Waals surface area contributed by atoms with Crippen molar-refractivity contribution in [2.24, 2.45) is 11.7 Å². The molecule has 4 heteroatoms. The van der Waals surface area contributed by atoms with Gasteiger partial charge in [0.25, 0.3) is 0 Å². The summed E-state index contributed by atoms with van der Waals surface area (Å²) >= 11 is 0. The third kappa shape index (κ3) is 5.35. The van der Waals surface area contributed by atoms with Crippen LogP contribution in [0.2, 0.25) is 0 Å². The Hall–Kier alpha value is -1.32. The Morgan fingerprint density at radius 1 is 1.57 bits per heavy atom. The minimum atomic E-state index is -0.341. The lowest BCUT2D eigenvalue weighted by atomic mass is 9.98. The lowest BCUT2D eigenvalue weighted by Gasteiger charge is -2.11. The van der Waals surface area contributed by atoms with Crippen LogP contribution in [0.25, 0.3) is 0 Å². The molecule has 2 N–H and O–H groups in total. The van der Waals surface area contributed by atoms with E-state index in [-0.39, 0.29) is 17.8 Å². The number of hydrogen-bond acceptors (Lipinski definition) is 3. The fourth-order valence-electron chi connectivity index (χ4n) is 1.22. The van der Waals surface area contributed by atoms with E-state index in [2.05, 4.69) is 11.3 Å². The van der Waals surface area contributed by atoms with Gasteiger partial charge in [0.2, 0.25) is 5.91 Å². The van der Waals surface area contributed by atoms with Crippen molar-refractivity contribution < 1.29 is 14.3 Å². The molecule has 0 rings (SSSR count). The van der Waals surface area contributed by atoms with Crippen LogP contribution >= 0.6 is 0 Å². The number of ether oxygens (including phenoxy) is 1. The van der Waals surface area contributed by atoms with E-state index in [1.54, 1.807) is 6.08 Å². The molecule has 0 saturated heterocycles. The summed E-state index contributed by atoms with van der Waals surface area (Å²) in [5.41, 5.74) is 4.99. The summed E-state index contributed by atoms with van der Waals surface area (Å²) in [5, 5.41) is 0. The summed E-state index contributed by atoms with van der Waals surface area (Å²) in [7, 11) is 1.35. The molecule has 0 bridgehead atoms. The van der Waals surface area contributed by atoms with Crippen molar-refractivity contribution in [1.82, 2.24) is 0 Å². The summed E-state index contributed by atoms with van der Waals surface area (Å²) in [6.07, 6.45) is 3.78. The van der Waals surface area contributed by atoms with Crippen molar-refractivity contribution >= 4 is 11.9 Å². The molecule has 0 aliphatic rings. The molecule has 4 nitrogen and oxygen atoms in total. The van der Waals surface area contributed by atoms with E-state index in [1.165, 1.54) is 7.11 Å². The smallest absolute Gasteiger partial charge is 0.308 e. The van der Waals surface area contributed by atoms with E-state index in [0.29, 0.717) is 25.7 Å². The SMILES string of the molecule is C=CCC(CCCC(N)=O)C(=O)OC. The van der Waals surface area contributed by atoms with E-state index in [4.69, 9.17) is 5.73 Å². The molecular weight excluding hydrogens is 182 g/mol. The lowest BCUT2D eigenvalue weighted by Crippen LogP contribution is -2.17. The van der Waals surface area contributed by atoms with E-state index in [1.807, 2.05) is 0 Å². The van der Waals surface area contributed by atoms with Gasteiger partial charge in [-0.05, 0) is 19.3 Å². The second-order valence-electron chi connectivity index (χ2n) is 3.10. The van der Waals surface area contributed by atoms with Crippen molar-refractivity contribution in [1.29, 1.82) is 0 Å². The number of esters is 1. The summed E-state index contributed by atoms with van der Waals surface area (Å²) in [5.74, 6) is -0.793. The van der Waals surface area contributed by atoms with E-state index < -0.39 is 0 Å². The zero-order chi connectivity index (χ0) is 11.0. The molecule has 0 aliphatic carbocycles. The van der Waals surface area contributed by atoms with Crippen LogP contribution in [0.1, 0.15) is 25.7 Å². The maximum absolute atomic E-state index is 11.2. The first-order chi connectivity index (χ1) is 6.61. The highest BCUT2D eigenvalue weighted by molar-refractivity contribution is 5.74. The predicted molar refractivity (Wildman–Crippen MR) is 53.4 cm³/mol. The number of allylic oxidation sites excluding steroid dienone is 1. The largest absolute Gasteiger partial charge is 0.469 e. The van der Waals surface area contributed by atoms with Crippen LogP contribution in [0.4, 0.5) is 0 Å². The summed E-state index contributed by atoms with van der Waals surface area (Å²) in [6, 6.07) is 0. The standard InChI is InChI=1S/C10H17NO3/c1-3-5-8(10(13)14-2)6-4-7-9(11)12/h3,8H,1,4-7H2,2H3,(H2,11,12). The van der Waals surface area contributed by atoms with Crippen LogP contribution in [0.5, 0.6) is 0 Å². The van der Waals surface area contributed by atoms with Gasteiger partial charge in [0.05, 0.1) is 13.0 Å². The predicted octanol–water partition coefficient (Wildman–Crippen LogP) is 1.01. The van der Waals surface area contributed by atoms with Gasteiger partial charge in [-0.25, -0.2) is 0 Å². The molecule has 0 saturated carbocycles. The minimum absolute atomic E-state index is 0.197. The van der Waals surface area contributed by atoms with Crippen molar-refractivity contribution in [3.63, 3.8) is 0 Å². The molecule has 0 aliphatic heterocycles. The van der Waals surface area contributed by atoms with Gasteiger partial charge in [0.15, 0.2) is 0 Å². The first-order valence-corrected chi connectivity index (χ1v) is 4.58. The number of nitrogens with two attached hydrogens (primary N) is 1. The highest BCUT2D eigenvalue weighted by Crippen LogP contribution is 2.14. The molecule has 80 valence electrons. The Morgan fingerprint density at radius 2 is 2.21 bits per heavy atom. The number of methoxy groups -OCH3 is 1. The summed E-state index contributed by atoms with van der Waals surface area (Å²) in [6.45, 7) is 3.56. The zero-order valence-electron chi connectivity index (χ0n) is 8.49. The lowest BCUT2D eigenvalue weighted by molar-refractivity contribution is -0.145. The minimum Gasteiger partial charge on any atom is -0.469 e. The van der Waals surface area contributed by atoms with Crippen LogP contribution in [0.3, 0.4) is 0 Å². The van der Waals surface area contributed by atoms with Crippen molar-refractivity contribution in [3.05, 3.63) is 12.7 Å². The van der Waals surface area contributed by atoms with Crippen LogP contribution < -0.4 is 5.73 Å². The zero-order valence-corrected chi connectivity index (χ0v) is 8.49. The van der Waals surface area contributed by atoms with E-state index >= 15 is 0 Å². The molecule has 0 heterocycles. The number of carbonyl (C=O) groups excluding carboxylic acids is 2. The Morgan fingerprint density at radius 3 is 2.64 bits per heavy atom. The number of primary amides is 1. The molecule has 14 heavy (non-hydrogen) atoms. The first kappa shape index (κ1) is 12.7. The van der Waals surface area contributed by atoms with Gasteiger partial charge in [-0.1, -0.05) is 6.08 Å². The molecule has 0 aromatic heterocycles. The van der Waals surface area contributed by atoms with Crippen molar-refractivity contribution in [3.8, 4) is 0 Å². The maximum Gasteiger partial charge on any atom is 0.308 e. The normalized spacial score (nSPS) is 11.8. The highest BCUT2D eigenvalue weighted by atomic mass is 16.5. The quantitative estimate of drug-likeness (QED) is 0.491. The topological polar surface area (TPSA) is 69.4 Å². The maximum atomic E-state index is 11.2. The summed E-state index contributed by atoms with van der Waals surface area (Å²) < 4.78 is 4.62. The van der Waals surface area contributed by atoms with Gasteiger partial charge in [0.1, 0.15) is 0 Å². The van der Waals surface area contributed by atoms with Crippen LogP contribution in [-0.4, -0.2) is 19.0 Å². The Bertz CT molecular complexity index is 213. The van der Waals surface area contributed by atoms with Gasteiger partial charge >= 0.3 is 5.97 Å². The third-order valence-electron chi connectivity index (χ3n) is 1.96. The van der Waals surface area contributed by atoms with E-state index in [0.717, 1.165) is 0 Å². The van der Waals surface area contributed by atoms with Crippen LogP contribution in [0.15, 0.2) is 12.7 Å². The van der Waals surface area contributed by atoms with Crippen molar-refractivity contribution in [2.45, 2.75) is 25.7 Å². The first-order valence-electron chi connectivity index (χ1n) is 4.58. The van der Waals surface area contributed by atoms with Gasteiger partial charge in [-0.15, -0.1) is 6.58 Å². The van der Waals surface area contributed by atoms with E-state index in [9.17, 15) is 9.59 Å². The molecule has 0 spiro atoms. The Kier molecular flexibility index (Phi) is 6.45.